The number of nitrogens with one attached hydrogen (secondary N) is 3. The van der Waals surface area contributed by atoms with Crippen LogP contribution in [-0.2, 0) is 27.4 Å². The van der Waals surface area contributed by atoms with Crippen molar-refractivity contribution in [2.75, 3.05) is 19.8 Å². The van der Waals surface area contributed by atoms with Crippen LogP contribution >= 0.6 is 12.2 Å². The monoisotopic (exact) mass is 687 g/mol. The molecule has 0 spiro atoms. The number of carbonyl (C=O) groups excluding carboxylic acids is 2. The lowest BCUT2D eigenvalue weighted by molar-refractivity contribution is -0.384. The Balaban J connectivity index is 1.45. The average Bonchev–Trinajstić information content (AvgIpc) is 3.07. The predicted octanol–water partition coefficient (Wildman–Crippen LogP) is 5.19. The molecule has 0 saturated heterocycles. The number of esters is 1. The Kier molecular flexibility index (Phi) is 12.8. The number of hydrazone groups is 1. The maximum atomic E-state index is 12.8. The smallest absolute Gasteiger partial charge is 0.338 e. The standard InChI is InChI=1S/C35H37N5O8S/c1-5-10-25-17-24(18-29(45-6-2)33(25)48-20-23-13-15-26(16-14-23)40(43)44)19-36-39-30(41)21-47-28-12-9-8-11-27(28)32-31(34(42)46-7-3)22(4)37-35(49)38-32/h5,8-9,11-19,32H,1,6-7,10,20-21H2,2-4H3,(H,39,41)(H2,37,38,49)/t32-/m1/s1. The number of hydrogen-bond acceptors (Lipinski definition) is 10. The summed E-state index contributed by atoms with van der Waals surface area (Å²) in [5.41, 5.74) is 6.13. The van der Waals surface area contributed by atoms with E-state index in [1.165, 1.54) is 18.3 Å². The number of allylic oxidation sites excluding steroid dienone is 2. The number of hydrogen-bond donors (Lipinski definition) is 3. The molecule has 1 aliphatic heterocycles. The molecule has 13 nitrogen and oxygen atoms in total. The van der Waals surface area contributed by atoms with E-state index >= 15 is 0 Å². The summed E-state index contributed by atoms with van der Waals surface area (Å²) in [4.78, 5) is 36.1. The minimum Gasteiger partial charge on any atom is -0.490 e. The molecule has 3 aromatic rings. The minimum absolute atomic E-state index is 0.00465. The zero-order valence-corrected chi connectivity index (χ0v) is 28.1. The normalized spacial score (nSPS) is 14.0. The summed E-state index contributed by atoms with van der Waals surface area (Å²) in [6.45, 7) is 9.52. The van der Waals surface area contributed by atoms with Gasteiger partial charge in [-0.3, -0.25) is 14.9 Å². The molecule has 0 aromatic heterocycles. The molecule has 256 valence electrons. The lowest BCUT2D eigenvalue weighted by atomic mass is 9.95. The molecule has 3 N–H and O–H groups in total. The highest BCUT2D eigenvalue weighted by Gasteiger charge is 2.32. The summed E-state index contributed by atoms with van der Waals surface area (Å²) in [6.07, 6.45) is 3.65. The van der Waals surface area contributed by atoms with Crippen molar-refractivity contribution in [3.05, 3.63) is 117 Å². The van der Waals surface area contributed by atoms with E-state index in [1.807, 2.05) is 13.0 Å². The maximum Gasteiger partial charge on any atom is 0.338 e. The van der Waals surface area contributed by atoms with Gasteiger partial charge in [0.05, 0.1) is 36.0 Å². The zero-order chi connectivity index (χ0) is 35.3. The minimum atomic E-state index is -0.657. The quantitative estimate of drug-likeness (QED) is 0.0454. The Hall–Kier alpha value is -5.76. The van der Waals surface area contributed by atoms with E-state index in [0.29, 0.717) is 57.8 Å². The third-order valence-electron chi connectivity index (χ3n) is 7.10. The first-order valence-corrected chi connectivity index (χ1v) is 15.8. The fourth-order valence-electron chi connectivity index (χ4n) is 4.97. The summed E-state index contributed by atoms with van der Waals surface area (Å²) in [7, 11) is 0. The van der Waals surface area contributed by atoms with Crippen LogP contribution < -0.4 is 30.3 Å². The van der Waals surface area contributed by atoms with Crippen molar-refractivity contribution in [2.45, 2.75) is 39.8 Å². The zero-order valence-electron chi connectivity index (χ0n) is 27.3. The van der Waals surface area contributed by atoms with E-state index in [4.69, 9.17) is 31.2 Å². The third-order valence-corrected chi connectivity index (χ3v) is 7.32. The number of nitrogens with zero attached hydrogens (tertiary/aromatic N) is 2. The molecule has 3 aromatic carbocycles. The molecule has 14 heteroatoms. The first-order valence-electron chi connectivity index (χ1n) is 15.4. The number of ether oxygens (including phenoxy) is 4. The van der Waals surface area contributed by atoms with Gasteiger partial charge in [0.1, 0.15) is 12.4 Å². The van der Waals surface area contributed by atoms with Crippen LogP contribution in [0.25, 0.3) is 0 Å². The van der Waals surface area contributed by atoms with Crippen LogP contribution in [0.4, 0.5) is 5.69 Å². The van der Waals surface area contributed by atoms with Gasteiger partial charge in [-0.25, -0.2) is 10.2 Å². The van der Waals surface area contributed by atoms with Crippen molar-refractivity contribution in [1.29, 1.82) is 0 Å². The number of rotatable bonds is 16. The van der Waals surface area contributed by atoms with Crippen LogP contribution in [0, 0.1) is 10.1 Å². The second-order valence-corrected chi connectivity index (χ2v) is 11.0. The maximum absolute atomic E-state index is 12.8. The molecule has 1 atom stereocenters. The Bertz CT molecular complexity index is 1770. The first kappa shape index (κ1) is 36.1. The molecular formula is C35H37N5O8S. The van der Waals surface area contributed by atoms with Gasteiger partial charge in [-0.2, -0.15) is 5.10 Å². The van der Waals surface area contributed by atoms with Gasteiger partial charge in [-0.1, -0.05) is 24.3 Å². The number of nitro groups is 1. The van der Waals surface area contributed by atoms with Crippen LogP contribution in [-0.4, -0.2) is 47.9 Å². The van der Waals surface area contributed by atoms with E-state index in [9.17, 15) is 19.7 Å². The number of thiocarbonyl (C=S) groups is 1. The number of amides is 1. The van der Waals surface area contributed by atoms with Gasteiger partial charge in [-0.15, -0.1) is 6.58 Å². The number of carbonyl (C=O) groups is 2. The first-order chi connectivity index (χ1) is 23.6. The van der Waals surface area contributed by atoms with Gasteiger partial charge in [-0.05, 0) is 80.9 Å². The molecule has 0 saturated carbocycles. The fourth-order valence-corrected chi connectivity index (χ4v) is 5.24. The molecule has 0 fully saturated rings. The van der Waals surface area contributed by atoms with Gasteiger partial charge in [0.2, 0.25) is 0 Å². The number of nitro benzene ring substituents is 1. The molecule has 0 radical (unpaired) electrons. The predicted molar refractivity (Wildman–Crippen MR) is 188 cm³/mol. The van der Waals surface area contributed by atoms with Crippen LogP contribution in [0.2, 0.25) is 0 Å². The van der Waals surface area contributed by atoms with Crippen LogP contribution in [0.5, 0.6) is 17.2 Å². The molecule has 49 heavy (non-hydrogen) atoms. The molecule has 0 unspecified atom stereocenters. The highest BCUT2D eigenvalue weighted by Crippen LogP contribution is 2.35. The molecular weight excluding hydrogens is 650 g/mol. The van der Waals surface area contributed by atoms with Gasteiger partial charge in [0.25, 0.3) is 11.6 Å². The lowest BCUT2D eigenvalue weighted by Gasteiger charge is -2.30. The summed E-state index contributed by atoms with van der Waals surface area (Å²) in [5, 5.41) is 21.5. The second kappa shape index (κ2) is 17.4. The Morgan fingerprint density at radius 2 is 1.82 bits per heavy atom. The van der Waals surface area contributed by atoms with Gasteiger partial charge in [0, 0.05) is 29.0 Å². The molecule has 1 aliphatic rings. The Morgan fingerprint density at radius 1 is 1.06 bits per heavy atom. The van der Waals surface area contributed by atoms with Crippen molar-refractivity contribution in [3.63, 3.8) is 0 Å². The number of para-hydroxylation sites is 1. The third kappa shape index (κ3) is 9.64. The van der Waals surface area contributed by atoms with Gasteiger partial charge in [0.15, 0.2) is 23.2 Å². The van der Waals surface area contributed by atoms with Crippen molar-refractivity contribution in [2.24, 2.45) is 5.10 Å². The molecule has 4 rings (SSSR count). The summed E-state index contributed by atoms with van der Waals surface area (Å²) >= 11 is 5.33. The van der Waals surface area contributed by atoms with Crippen molar-refractivity contribution < 1.29 is 33.5 Å². The van der Waals surface area contributed by atoms with Crippen molar-refractivity contribution in [1.82, 2.24) is 16.1 Å². The van der Waals surface area contributed by atoms with Crippen LogP contribution in [0.15, 0.2) is 89.7 Å². The molecule has 0 aliphatic carbocycles. The van der Waals surface area contributed by atoms with Crippen molar-refractivity contribution >= 4 is 41.1 Å². The SMILES string of the molecule is C=CCc1cc(C=NNC(=O)COc2ccccc2[C@H]2NC(=S)NC(C)=C2C(=O)OCC)cc(OCC)c1OCc1ccc([N+](=O)[O-])cc1. The second-order valence-electron chi connectivity index (χ2n) is 10.6. The molecule has 1 amide bonds. The van der Waals surface area contributed by atoms with Crippen LogP contribution in [0.1, 0.15) is 49.1 Å². The molecule has 1 heterocycles. The van der Waals surface area contributed by atoms with E-state index < -0.39 is 22.8 Å². The summed E-state index contributed by atoms with van der Waals surface area (Å²) < 4.78 is 23.1. The summed E-state index contributed by atoms with van der Waals surface area (Å²) in [6, 6.07) is 16.0. The number of non-ortho nitro benzene ring substituents is 1. The highest BCUT2D eigenvalue weighted by molar-refractivity contribution is 7.80. The topological polar surface area (TPSA) is 163 Å². The summed E-state index contributed by atoms with van der Waals surface area (Å²) in [5.74, 6) is 0.333. The largest absolute Gasteiger partial charge is 0.490 e. The van der Waals surface area contributed by atoms with E-state index in [0.717, 1.165) is 11.1 Å². The average molecular weight is 688 g/mol. The lowest BCUT2D eigenvalue weighted by Crippen LogP contribution is -2.45. The van der Waals surface area contributed by atoms with Crippen molar-refractivity contribution in [3.8, 4) is 17.2 Å². The number of benzene rings is 3. The Morgan fingerprint density at radius 3 is 2.51 bits per heavy atom. The van der Waals surface area contributed by atoms with E-state index in [1.54, 1.807) is 62.4 Å². The Labute approximate surface area is 289 Å². The highest BCUT2D eigenvalue weighted by atomic mass is 32.1. The van der Waals surface area contributed by atoms with Gasteiger partial charge >= 0.3 is 5.97 Å². The fraction of sp³-hybridized carbons (Fsp3) is 0.257. The van der Waals surface area contributed by atoms with Crippen LogP contribution in [0.3, 0.4) is 0 Å². The molecule has 0 bridgehead atoms. The van der Waals surface area contributed by atoms with E-state index in [-0.39, 0.29) is 25.5 Å². The van der Waals surface area contributed by atoms with Gasteiger partial charge < -0.3 is 29.6 Å². The van der Waals surface area contributed by atoms with E-state index in [2.05, 4.69) is 27.7 Å².